The smallest absolute Gasteiger partial charge is 0.261 e. The zero-order valence-corrected chi connectivity index (χ0v) is 19.8. The Kier molecular flexibility index (Phi) is 6.02. The molecule has 5 fully saturated rings. The van der Waals surface area contributed by atoms with Crippen LogP contribution in [0.4, 0.5) is 0 Å². The van der Waals surface area contributed by atoms with Crippen LogP contribution in [0.5, 0.6) is 5.75 Å². The standard InChI is InChI=1S/C25H32ClN3O4/c1-33-21-5-4-18(26)10-19(21)24(32)29-6-2-3-20(29)23(31)28-27-22(30)14-25-11-15-7-16(12-25)9-17(8-15)13-25/h4-5,10,15-17,20H,2-3,6-9,11-14H2,1H3,(H,27,30)(H,28,31). The molecule has 33 heavy (non-hydrogen) atoms. The van der Waals surface area contributed by atoms with Crippen molar-refractivity contribution < 1.29 is 19.1 Å². The summed E-state index contributed by atoms with van der Waals surface area (Å²) in [5, 5.41) is 0.427. The monoisotopic (exact) mass is 473 g/mol. The number of nitrogens with one attached hydrogen (secondary N) is 2. The lowest BCUT2D eigenvalue weighted by Crippen LogP contribution is -2.53. The SMILES string of the molecule is COc1ccc(Cl)cc1C(=O)N1CCCC1C(=O)NNC(=O)CC12CC3CC(CC(C3)C1)C2. The van der Waals surface area contributed by atoms with Gasteiger partial charge in [0.2, 0.25) is 5.91 Å². The van der Waals surface area contributed by atoms with E-state index in [2.05, 4.69) is 10.9 Å². The van der Waals surface area contributed by atoms with E-state index in [-0.39, 0.29) is 23.1 Å². The summed E-state index contributed by atoms with van der Waals surface area (Å²) in [4.78, 5) is 40.4. The van der Waals surface area contributed by atoms with Crippen LogP contribution in [-0.2, 0) is 9.59 Å². The number of hydrogen-bond acceptors (Lipinski definition) is 4. The van der Waals surface area contributed by atoms with E-state index in [1.165, 1.54) is 31.3 Å². The molecule has 7 nitrogen and oxygen atoms in total. The van der Waals surface area contributed by atoms with Crippen molar-refractivity contribution >= 4 is 29.3 Å². The molecule has 4 bridgehead atoms. The van der Waals surface area contributed by atoms with Crippen LogP contribution in [0.15, 0.2) is 18.2 Å². The minimum atomic E-state index is -0.638. The fourth-order valence-electron chi connectivity index (χ4n) is 7.39. The fraction of sp³-hybridized carbons (Fsp3) is 0.640. The van der Waals surface area contributed by atoms with Crippen molar-refractivity contribution in [2.75, 3.05) is 13.7 Å². The maximum atomic E-state index is 13.2. The molecule has 0 aromatic heterocycles. The number of carbonyl (C=O) groups excluding carboxylic acids is 3. The number of methoxy groups -OCH3 is 1. The molecule has 1 saturated heterocycles. The first-order valence-corrected chi connectivity index (χ1v) is 12.5. The van der Waals surface area contributed by atoms with E-state index in [0.717, 1.165) is 37.0 Å². The van der Waals surface area contributed by atoms with E-state index >= 15 is 0 Å². The van der Waals surface area contributed by atoms with Crippen molar-refractivity contribution in [2.24, 2.45) is 23.2 Å². The van der Waals surface area contributed by atoms with Crippen LogP contribution in [0, 0.1) is 23.2 Å². The van der Waals surface area contributed by atoms with E-state index < -0.39 is 6.04 Å². The molecular formula is C25H32ClN3O4. The Labute approximate surface area is 199 Å². The van der Waals surface area contributed by atoms with Crippen LogP contribution >= 0.6 is 11.6 Å². The van der Waals surface area contributed by atoms with Crippen LogP contribution < -0.4 is 15.6 Å². The number of hydrogen-bond donors (Lipinski definition) is 2. The minimum Gasteiger partial charge on any atom is -0.496 e. The van der Waals surface area contributed by atoms with Gasteiger partial charge in [0.15, 0.2) is 0 Å². The average molecular weight is 474 g/mol. The molecule has 178 valence electrons. The molecule has 1 unspecified atom stereocenters. The lowest BCUT2D eigenvalue weighted by molar-refractivity contribution is -0.135. The Hall–Kier alpha value is -2.28. The molecule has 6 rings (SSSR count). The van der Waals surface area contributed by atoms with E-state index in [4.69, 9.17) is 16.3 Å². The predicted octanol–water partition coefficient (Wildman–Crippen LogP) is 3.71. The van der Waals surface area contributed by atoms with Crippen molar-refractivity contribution in [3.63, 3.8) is 0 Å². The maximum Gasteiger partial charge on any atom is 0.261 e. The van der Waals surface area contributed by atoms with E-state index in [0.29, 0.717) is 42.1 Å². The number of halogens is 1. The number of nitrogens with zero attached hydrogens (tertiary/aromatic N) is 1. The topological polar surface area (TPSA) is 87.7 Å². The van der Waals surface area contributed by atoms with Crippen LogP contribution in [-0.4, -0.2) is 42.3 Å². The van der Waals surface area contributed by atoms with Crippen molar-refractivity contribution in [1.29, 1.82) is 0 Å². The summed E-state index contributed by atoms with van der Waals surface area (Å²) >= 11 is 6.08. The van der Waals surface area contributed by atoms with Gasteiger partial charge in [-0.3, -0.25) is 25.2 Å². The van der Waals surface area contributed by atoms with Gasteiger partial charge in [-0.05, 0) is 92.7 Å². The van der Waals surface area contributed by atoms with Crippen LogP contribution in [0.3, 0.4) is 0 Å². The second-order valence-corrected chi connectivity index (χ2v) is 11.1. The second-order valence-electron chi connectivity index (χ2n) is 10.6. The van der Waals surface area contributed by atoms with Crippen molar-refractivity contribution in [1.82, 2.24) is 15.8 Å². The van der Waals surface area contributed by atoms with Gasteiger partial charge in [-0.15, -0.1) is 0 Å². The summed E-state index contributed by atoms with van der Waals surface area (Å²) < 4.78 is 5.31. The molecule has 1 aromatic carbocycles. The van der Waals surface area contributed by atoms with Crippen molar-refractivity contribution in [2.45, 2.75) is 63.8 Å². The number of benzene rings is 1. The van der Waals surface area contributed by atoms with Gasteiger partial charge in [0, 0.05) is 18.0 Å². The molecule has 8 heteroatoms. The molecule has 1 heterocycles. The van der Waals surface area contributed by atoms with Gasteiger partial charge >= 0.3 is 0 Å². The second kappa shape index (κ2) is 8.82. The first kappa shape index (κ1) is 22.5. The average Bonchev–Trinajstić information content (AvgIpc) is 3.25. The predicted molar refractivity (Wildman–Crippen MR) is 124 cm³/mol. The Morgan fingerprint density at radius 1 is 1.09 bits per heavy atom. The van der Waals surface area contributed by atoms with Gasteiger partial charge in [-0.2, -0.15) is 0 Å². The maximum absolute atomic E-state index is 13.2. The zero-order valence-electron chi connectivity index (χ0n) is 19.1. The quantitative estimate of drug-likeness (QED) is 0.638. The summed E-state index contributed by atoms with van der Waals surface area (Å²) in [6, 6.07) is 4.22. The highest BCUT2D eigenvalue weighted by atomic mass is 35.5. The molecule has 2 N–H and O–H groups in total. The van der Waals surface area contributed by atoms with Gasteiger partial charge < -0.3 is 9.64 Å². The minimum absolute atomic E-state index is 0.113. The van der Waals surface area contributed by atoms with E-state index in [1.807, 2.05) is 0 Å². The summed E-state index contributed by atoms with van der Waals surface area (Å²) in [7, 11) is 1.49. The molecule has 0 spiro atoms. The number of amides is 3. The van der Waals surface area contributed by atoms with Gasteiger partial charge in [0.25, 0.3) is 11.8 Å². The molecule has 4 saturated carbocycles. The zero-order chi connectivity index (χ0) is 23.2. The Morgan fingerprint density at radius 3 is 2.39 bits per heavy atom. The molecule has 4 aliphatic carbocycles. The first-order chi connectivity index (χ1) is 15.9. The molecule has 3 amide bonds. The third-order valence-electron chi connectivity index (χ3n) is 8.23. The van der Waals surface area contributed by atoms with Crippen molar-refractivity contribution in [3.05, 3.63) is 28.8 Å². The summed E-state index contributed by atoms with van der Waals surface area (Å²) in [6.45, 7) is 0.466. The summed E-state index contributed by atoms with van der Waals surface area (Å²) in [5.74, 6) is 1.96. The Morgan fingerprint density at radius 2 is 1.76 bits per heavy atom. The van der Waals surface area contributed by atoms with Crippen LogP contribution in [0.1, 0.15) is 68.1 Å². The fourth-order valence-corrected chi connectivity index (χ4v) is 7.56. The van der Waals surface area contributed by atoms with Gasteiger partial charge in [-0.25, -0.2) is 0 Å². The molecule has 1 aromatic rings. The third-order valence-corrected chi connectivity index (χ3v) is 8.47. The number of hydrazine groups is 1. The third kappa shape index (κ3) is 4.44. The van der Waals surface area contributed by atoms with Gasteiger partial charge in [0.05, 0.1) is 12.7 Å². The van der Waals surface area contributed by atoms with Crippen LogP contribution in [0.25, 0.3) is 0 Å². The number of carbonyl (C=O) groups is 3. The highest BCUT2D eigenvalue weighted by molar-refractivity contribution is 6.31. The lowest BCUT2D eigenvalue weighted by Gasteiger charge is -2.56. The number of likely N-dealkylation sites (tertiary alicyclic amines) is 1. The Bertz CT molecular complexity index is 930. The molecular weight excluding hydrogens is 442 g/mol. The largest absolute Gasteiger partial charge is 0.496 e. The first-order valence-electron chi connectivity index (χ1n) is 12.1. The molecule has 5 aliphatic rings. The summed E-state index contributed by atoms with van der Waals surface area (Å²) in [5.41, 5.74) is 5.68. The number of rotatable bonds is 5. The lowest BCUT2D eigenvalue weighted by atomic mass is 9.49. The van der Waals surface area contributed by atoms with Gasteiger partial charge in [-0.1, -0.05) is 11.6 Å². The normalized spacial score (nSPS) is 32.0. The van der Waals surface area contributed by atoms with Crippen molar-refractivity contribution in [3.8, 4) is 5.75 Å². The van der Waals surface area contributed by atoms with Gasteiger partial charge in [0.1, 0.15) is 11.8 Å². The van der Waals surface area contributed by atoms with Crippen LogP contribution in [0.2, 0.25) is 5.02 Å². The highest BCUT2D eigenvalue weighted by Crippen LogP contribution is 2.61. The molecule has 0 radical (unpaired) electrons. The highest BCUT2D eigenvalue weighted by Gasteiger charge is 2.51. The van der Waals surface area contributed by atoms with E-state index in [1.54, 1.807) is 18.2 Å². The Balaban J connectivity index is 1.19. The number of ether oxygens (including phenoxy) is 1. The summed E-state index contributed by atoms with van der Waals surface area (Å²) in [6.07, 6.45) is 9.18. The molecule has 1 aliphatic heterocycles. The van der Waals surface area contributed by atoms with E-state index in [9.17, 15) is 14.4 Å². The molecule has 1 atom stereocenters.